The van der Waals surface area contributed by atoms with E-state index in [4.69, 9.17) is 14.2 Å². The lowest BCUT2D eigenvalue weighted by molar-refractivity contribution is -0.416. The fourth-order valence-corrected chi connectivity index (χ4v) is 9.28. The van der Waals surface area contributed by atoms with Crippen molar-refractivity contribution < 1.29 is 29.0 Å². The smallest absolute Gasteiger partial charge is 0.284 e. The van der Waals surface area contributed by atoms with Crippen molar-refractivity contribution in [2.75, 3.05) is 20.2 Å². The average Bonchev–Trinajstić information content (AvgIpc) is 3.81. The molecule has 3 N–H and O–H groups in total. The molecular formula is C44H62N6O9. The minimum Gasteiger partial charge on any atom is -0.482 e. The predicted molar refractivity (Wildman–Crippen MR) is 226 cm³/mol. The summed E-state index contributed by atoms with van der Waals surface area (Å²) in [5.74, 6) is 2.49. The maximum absolute atomic E-state index is 13.5. The number of fused-ring (bicyclic) bond motifs is 2. The third kappa shape index (κ3) is 10.6. The van der Waals surface area contributed by atoms with Gasteiger partial charge in [-0.25, -0.2) is 0 Å². The maximum atomic E-state index is 13.5. The van der Waals surface area contributed by atoms with Crippen LogP contribution in [0.4, 0.5) is 11.4 Å². The molecule has 15 nitrogen and oxygen atoms in total. The summed E-state index contributed by atoms with van der Waals surface area (Å²) in [5.41, 5.74) is 0.442. The first-order valence-electron chi connectivity index (χ1n) is 21.2. The minimum atomic E-state index is -0.534. The van der Waals surface area contributed by atoms with Gasteiger partial charge in [0, 0.05) is 53.4 Å². The molecule has 4 atom stereocenters. The Morgan fingerprint density at radius 1 is 0.712 bits per heavy atom. The molecule has 0 heterocycles. The van der Waals surface area contributed by atoms with E-state index in [2.05, 4.69) is 57.5 Å². The first-order valence-corrected chi connectivity index (χ1v) is 21.2. The number of nitrogens with zero attached hydrogens (tertiary/aromatic N) is 3. The molecule has 3 saturated carbocycles. The number of allylic oxidation sites excluding steroid dienone is 3. The van der Waals surface area contributed by atoms with Gasteiger partial charge in [0.25, 0.3) is 17.1 Å². The third-order valence-corrected chi connectivity index (χ3v) is 13.3. The summed E-state index contributed by atoms with van der Waals surface area (Å²) in [6, 6.07) is 8.72. The highest BCUT2D eigenvalue weighted by molar-refractivity contribution is 5.93. The Morgan fingerprint density at radius 2 is 1.32 bits per heavy atom. The first-order chi connectivity index (χ1) is 27.9. The van der Waals surface area contributed by atoms with Crippen LogP contribution in [0.15, 0.2) is 47.9 Å². The van der Waals surface area contributed by atoms with Gasteiger partial charge < -0.3 is 14.2 Å². The summed E-state index contributed by atoms with van der Waals surface area (Å²) in [6.45, 7) is 15.2. The van der Waals surface area contributed by atoms with Gasteiger partial charge in [-0.1, -0.05) is 48.0 Å². The van der Waals surface area contributed by atoms with Crippen molar-refractivity contribution in [1.29, 1.82) is 0 Å². The topological polar surface area (TPSA) is 193 Å². The van der Waals surface area contributed by atoms with Gasteiger partial charge in [0.2, 0.25) is 0 Å². The molecule has 322 valence electrons. The van der Waals surface area contributed by atoms with E-state index in [-0.39, 0.29) is 95.7 Å². The Bertz CT molecular complexity index is 1940. The van der Waals surface area contributed by atoms with Gasteiger partial charge in [-0.15, -0.1) is 0 Å². The molecule has 59 heavy (non-hydrogen) atoms. The number of benzene rings is 2. The Hall–Kier alpha value is -4.60. The maximum Gasteiger partial charge on any atom is 0.284 e. The molecule has 0 amide bonds. The van der Waals surface area contributed by atoms with E-state index in [1.165, 1.54) is 55.7 Å². The zero-order valence-corrected chi connectivity index (χ0v) is 35.6. The van der Waals surface area contributed by atoms with Gasteiger partial charge >= 0.3 is 0 Å². The number of nitro groups is 3. The normalized spacial score (nSPS) is 23.9. The zero-order chi connectivity index (χ0) is 42.6. The van der Waals surface area contributed by atoms with Crippen LogP contribution in [-0.2, 0) is 4.74 Å². The lowest BCUT2D eigenvalue weighted by Gasteiger charge is -2.37. The van der Waals surface area contributed by atoms with E-state index in [1.807, 2.05) is 6.92 Å². The zero-order valence-electron chi connectivity index (χ0n) is 35.6. The van der Waals surface area contributed by atoms with E-state index in [1.54, 1.807) is 0 Å². The molecule has 0 aromatic heterocycles. The molecular weight excluding hydrogens is 757 g/mol. The van der Waals surface area contributed by atoms with Crippen LogP contribution in [0.5, 0.6) is 11.5 Å². The number of nitro benzene ring substituents is 2. The molecule has 0 spiro atoms. The van der Waals surface area contributed by atoms with Crippen LogP contribution < -0.4 is 25.4 Å². The third-order valence-electron chi connectivity index (χ3n) is 13.3. The molecule has 15 heteroatoms. The van der Waals surface area contributed by atoms with E-state index in [0.29, 0.717) is 40.7 Å². The average molecular weight is 819 g/mol. The molecule has 4 unspecified atom stereocenters. The molecule has 4 aliphatic carbocycles. The predicted octanol–water partition coefficient (Wildman–Crippen LogP) is 9.34. The summed E-state index contributed by atoms with van der Waals surface area (Å²) < 4.78 is 18.9. The van der Waals surface area contributed by atoms with E-state index >= 15 is 0 Å². The molecule has 0 radical (unpaired) electrons. The number of hydrogen-bond donors (Lipinski definition) is 3. The van der Waals surface area contributed by atoms with Crippen molar-refractivity contribution in [2.24, 2.45) is 28.6 Å². The van der Waals surface area contributed by atoms with Gasteiger partial charge in [-0.05, 0) is 99.0 Å². The second-order valence-electron chi connectivity index (χ2n) is 19.0. The van der Waals surface area contributed by atoms with Crippen LogP contribution in [0.3, 0.4) is 0 Å². The van der Waals surface area contributed by atoms with Crippen molar-refractivity contribution in [2.45, 2.75) is 131 Å². The van der Waals surface area contributed by atoms with Crippen LogP contribution in [0, 0.1) is 58.9 Å². The fraction of sp³-hybridized carbons (Fsp3) is 0.636. The van der Waals surface area contributed by atoms with E-state index < -0.39 is 14.8 Å². The number of rotatable bonds is 17. The SMILES string of the molecule is CC(NCOc1cc([N+](=O)[O-])ccc1C1=C(OCNC2CC3CCC2C3)CCC(c2ccc([N+](=O)[O-])cc2OCNC2CCC(C(C)(C)C)CC2)=C1[N+](=O)[O-])C(C)(C)C. The molecule has 6 rings (SSSR count). The van der Waals surface area contributed by atoms with Crippen LogP contribution in [-0.4, -0.2) is 53.1 Å². The number of nitrogens with one attached hydrogen (secondary N) is 3. The van der Waals surface area contributed by atoms with Crippen LogP contribution >= 0.6 is 0 Å². The summed E-state index contributed by atoms with van der Waals surface area (Å²) >= 11 is 0. The number of hydrogen-bond acceptors (Lipinski definition) is 12. The van der Waals surface area contributed by atoms with Gasteiger partial charge in [0.05, 0.1) is 26.9 Å². The van der Waals surface area contributed by atoms with Gasteiger partial charge in [-0.2, -0.15) is 0 Å². The quantitative estimate of drug-likeness (QED) is 0.0779. The first kappa shape index (κ1) is 44.0. The summed E-state index contributed by atoms with van der Waals surface area (Å²) in [4.78, 5) is 35.9. The number of non-ortho nitro benzene ring substituents is 2. The monoisotopic (exact) mass is 818 g/mol. The Morgan fingerprint density at radius 3 is 1.88 bits per heavy atom. The van der Waals surface area contributed by atoms with E-state index in [0.717, 1.165) is 32.1 Å². The van der Waals surface area contributed by atoms with Crippen LogP contribution in [0.25, 0.3) is 11.1 Å². The highest BCUT2D eigenvalue weighted by atomic mass is 16.6. The van der Waals surface area contributed by atoms with Gasteiger partial charge in [0.1, 0.15) is 43.0 Å². The van der Waals surface area contributed by atoms with Crippen molar-refractivity contribution in [3.05, 3.63) is 89.3 Å². The lowest BCUT2D eigenvalue weighted by Crippen LogP contribution is -2.39. The molecule has 0 saturated heterocycles. The number of ether oxygens (including phenoxy) is 3. The van der Waals surface area contributed by atoms with Crippen molar-refractivity contribution in [3.63, 3.8) is 0 Å². The van der Waals surface area contributed by atoms with Gasteiger partial charge in [-0.3, -0.25) is 46.3 Å². The molecule has 2 aromatic carbocycles. The lowest BCUT2D eigenvalue weighted by atomic mass is 9.71. The minimum absolute atomic E-state index is 0.00349. The molecule has 0 aliphatic heterocycles. The molecule has 4 aliphatic rings. The van der Waals surface area contributed by atoms with Gasteiger partial charge in [0.15, 0.2) is 0 Å². The van der Waals surface area contributed by atoms with Crippen molar-refractivity contribution >= 4 is 22.5 Å². The second kappa shape index (κ2) is 18.3. The van der Waals surface area contributed by atoms with Crippen molar-refractivity contribution in [3.8, 4) is 11.5 Å². The Balaban J connectivity index is 1.37. The second-order valence-corrected chi connectivity index (χ2v) is 19.0. The summed E-state index contributed by atoms with van der Waals surface area (Å²) in [7, 11) is 0. The Kier molecular flexibility index (Phi) is 13.7. The summed E-state index contributed by atoms with van der Waals surface area (Å²) in [6.07, 6.45) is 9.22. The van der Waals surface area contributed by atoms with Crippen molar-refractivity contribution in [1.82, 2.24) is 16.0 Å². The standard InChI is InChI=1S/C44H62N6O9/c1-27(43(2,3)4)45-24-58-40-23-33(49(53)54)15-17-36(40)41-38(57-26-47-37-21-28-8-9-29(37)20-28)19-18-35(42(41)50(55)56)34-16-14-32(48(51)52)22-39(34)59-25-46-31-12-10-30(11-13-31)44(5,6)7/h14-17,22-23,27-31,37,45-47H,8-13,18-21,24-26H2,1-7H3. The fourth-order valence-electron chi connectivity index (χ4n) is 9.28. The van der Waals surface area contributed by atoms with Crippen LogP contribution in [0.2, 0.25) is 0 Å². The van der Waals surface area contributed by atoms with E-state index in [9.17, 15) is 30.3 Å². The largest absolute Gasteiger partial charge is 0.482 e. The molecule has 2 bridgehead atoms. The highest BCUT2D eigenvalue weighted by Gasteiger charge is 2.40. The molecule has 3 fully saturated rings. The summed E-state index contributed by atoms with van der Waals surface area (Å²) in [5, 5.41) is 47.8. The highest BCUT2D eigenvalue weighted by Crippen LogP contribution is 2.48. The Labute approximate surface area is 347 Å². The molecule has 2 aromatic rings. The van der Waals surface area contributed by atoms with Crippen LogP contribution in [0.1, 0.15) is 124 Å².